The van der Waals surface area contributed by atoms with Crippen molar-refractivity contribution in [3.63, 3.8) is 0 Å². The van der Waals surface area contributed by atoms with Crippen LogP contribution in [0.25, 0.3) is 10.9 Å². The monoisotopic (exact) mass is 342 g/mol. The summed E-state index contributed by atoms with van der Waals surface area (Å²) in [5.74, 6) is -0.302. The number of aromatic amines is 1. The van der Waals surface area contributed by atoms with Gasteiger partial charge in [-0.2, -0.15) is 5.10 Å². The predicted octanol–water partition coefficient (Wildman–Crippen LogP) is 1.89. The Labute approximate surface area is 143 Å². The van der Waals surface area contributed by atoms with Crippen LogP contribution in [0, 0.1) is 12.7 Å². The second-order valence-electron chi connectivity index (χ2n) is 6.39. The van der Waals surface area contributed by atoms with Gasteiger partial charge in [-0.25, -0.2) is 4.39 Å². The lowest BCUT2D eigenvalue weighted by molar-refractivity contribution is -0.132. The molecule has 6 nitrogen and oxygen atoms in total. The molecule has 0 saturated carbocycles. The van der Waals surface area contributed by atoms with Crippen molar-refractivity contribution in [1.82, 2.24) is 19.7 Å². The largest absolute Gasteiger partial charge is 0.390 e. The highest BCUT2D eigenvalue weighted by Crippen LogP contribution is 2.25. The first-order valence-corrected chi connectivity index (χ1v) is 8.26. The highest BCUT2D eigenvalue weighted by Gasteiger charge is 2.24. The quantitative estimate of drug-likeness (QED) is 0.763. The molecule has 0 fully saturated rings. The second kappa shape index (κ2) is 6.00. The van der Waals surface area contributed by atoms with Gasteiger partial charge in [-0.05, 0) is 24.6 Å². The summed E-state index contributed by atoms with van der Waals surface area (Å²) in [4.78, 5) is 17.6. The number of hydrogen-bond donors (Lipinski definition) is 2. The van der Waals surface area contributed by atoms with Gasteiger partial charge >= 0.3 is 0 Å². The third kappa shape index (κ3) is 2.70. The molecule has 1 amide bonds. The molecule has 25 heavy (non-hydrogen) atoms. The molecule has 0 unspecified atom stereocenters. The number of rotatable bonds is 3. The van der Waals surface area contributed by atoms with Gasteiger partial charge in [-0.1, -0.05) is 12.1 Å². The van der Waals surface area contributed by atoms with Crippen LogP contribution in [0.4, 0.5) is 4.39 Å². The Kier molecular flexibility index (Phi) is 3.80. The van der Waals surface area contributed by atoms with E-state index in [1.54, 1.807) is 11.0 Å². The number of aryl methyl sites for hydroxylation is 1. The van der Waals surface area contributed by atoms with E-state index < -0.39 is 0 Å². The molecule has 1 aliphatic heterocycles. The number of amides is 1. The molecule has 130 valence electrons. The average molecular weight is 342 g/mol. The number of carbonyl (C=O) groups excluding carboxylic acids is 1. The molecule has 3 heterocycles. The van der Waals surface area contributed by atoms with Crippen LogP contribution >= 0.6 is 0 Å². The van der Waals surface area contributed by atoms with Gasteiger partial charge in [-0.15, -0.1) is 0 Å². The number of aliphatic hydroxyl groups is 1. The number of carbonyl (C=O) groups is 1. The zero-order chi connectivity index (χ0) is 17.6. The number of H-pyrrole nitrogens is 1. The maximum atomic E-state index is 13.9. The van der Waals surface area contributed by atoms with Crippen molar-refractivity contribution in [2.24, 2.45) is 0 Å². The maximum absolute atomic E-state index is 13.9. The van der Waals surface area contributed by atoms with Gasteiger partial charge in [0.2, 0.25) is 5.91 Å². The molecule has 0 saturated heterocycles. The molecule has 7 heteroatoms. The lowest BCUT2D eigenvalue weighted by Gasteiger charge is -2.27. The number of aliphatic hydroxyl groups excluding tert-OH is 1. The smallest absolute Gasteiger partial charge is 0.227 e. The summed E-state index contributed by atoms with van der Waals surface area (Å²) in [6, 6.07) is 6.73. The SMILES string of the molecule is Cc1[nH]c2c(F)cccc2c1CC(=O)N1CCn2nc(CO)cc2C1. The zero-order valence-corrected chi connectivity index (χ0v) is 13.9. The van der Waals surface area contributed by atoms with Gasteiger partial charge in [-0.3, -0.25) is 9.48 Å². The van der Waals surface area contributed by atoms with E-state index in [0.717, 1.165) is 22.3 Å². The molecule has 3 aromatic rings. The summed E-state index contributed by atoms with van der Waals surface area (Å²) >= 11 is 0. The molecule has 0 bridgehead atoms. The fraction of sp³-hybridized carbons (Fsp3) is 0.333. The van der Waals surface area contributed by atoms with E-state index in [4.69, 9.17) is 0 Å². The normalized spacial score (nSPS) is 14.1. The third-order valence-electron chi connectivity index (χ3n) is 4.80. The van der Waals surface area contributed by atoms with Crippen LogP contribution in [0.1, 0.15) is 22.6 Å². The minimum atomic E-state index is -0.308. The zero-order valence-electron chi connectivity index (χ0n) is 13.9. The molecular weight excluding hydrogens is 323 g/mol. The number of nitrogens with zero attached hydrogens (tertiary/aromatic N) is 3. The highest BCUT2D eigenvalue weighted by molar-refractivity contribution is 5.90. The van der Waals surface area contributed by atoms with Crippen LogP contribution in [-0.4, -0.2) is 37.2 Å². The third-order valence-corrected chi connectivity index (χ3v) is 4.80. The van der Waals surface area contributed by atoms with Crippen LogP contribution in [0.3, 0.4) is 0 Å². The minimum Gasteiger partial charge on any atom is -0.390 e. The maximum Gasteiger partial charge on any atom is 0.227 e. The Balaban J connectivity index is 1.57. The van der Waals surface area contributed by atoms with E-state index in [-0.39, 0.29) is 24.8 Å². The van der Waals surface area contributed by atoms with Crippen molar-refractivity contribution >= 4 is 16.8 Å². The van der Waals surface area contributed by atoms with E-state index in [2.05, 4.69) is 10.1 Å². The van der Waals surface area contributed by atoms with E-state index in [9.17, 15) is 14.3 Å². The number of halogens is 1. The number of para-hydroxylation sites is 1. The van der Waals surface area contributed by atoms with Gasteiger partial charge in [0.05, 0.1) is 43.0 Å². The average Bonchev–Trinajstić information content (AvgIpc) is 3.16. The number of aromatic nitrogens is 3. The van der Waals surface area contributed by atoms with Crippen molar-refractivity contribution in [3.05, 3.63) is 52.7 Å². The van der Waals surface area contributed by atoms with E-state index >= 15 is 0 Å². The van der Waals surface area contributed by atoms with E-state index in [1.807, 2.05) is 23.7 Å². The van der Waals surface area contributed by atoms with E-state index in [1.165, 1.54) is 6.07 Å². The number of benzene rings is 1. The highest BCUT2D eigenvalue weighted by atomic mass is 19.1. The molecule has 1 aromatic carbocycles. The first-order chi connectivity index (χ1) is 12.1. The Morgan fingerprint density at radius 2 is 2.24 bits per heavy atom. The summed E-state index contributed by atoms with van der Waals surface area (Å²) in [6.07, 6.45) is 0.232. The second-order valence-corrected chi connectivity index (χ2v) is 6.39. The fourth-order valence-corrected chi connectivity index (χ4v) is 3.47. The number of fused-ring (bicyclic) bond motifs is 2. The number of nitrogens with one attached hydrogen (secondary N) is 1. The molecule has 0 atom stereocenters. The minimum absolute atomic E-state index is 0.00580. The van der Waals surface area contributed by atoms with E-state index in [0.29, 0.717) is 30.8 Å². The van der Waals surface area contributed by atoms with Crippen LogP contribution in [0.2, 0.25) is 0 Å². The Bertz CT molecular complexity index is 960. The first kappa shape index (κ1) is 15.8. The van der Waals surface area contributed by atoms with Crippen molar-refractivity contribution in [1.29, 1.82) is 0 Å². The van der Waals surface area contributed by atoms with Crippen molar-refractivity contribution in [3.8, 4) is 0 Å². The standard InChI is InChI=1S/C18H19FN4O2/c1-11-15(14-3-2-4-16(19)18(14)20-11)8-17(25)22-5-6-23-13(9-22)7-12(10-24)21-23/h2-4,7,20,24H,5-6,8-10H2,1H3. The van der Waals surface area contributed by atoms with Crippen LogP contribution in [0.5, 0.6) is 0 Å². The van der Waals surface area contributed by atoms with Gasteiger partial charge in [0, 0.05) is 17.6 Å². The molecule has 0 aliphatic carbocycles. The molecule has 0 spiro atoms. The first-order valence-electron chi connectivity index (χ1n) is 8.26. The summed E-state index contributed by atoms with van der Waals surface area (Å²) in [5, 5.41) is 14.2. The van der Waals surface area contributed by atoms with Crippen LogP contribution in [0.15, 0.2) is 24.3 Å². The Morgan fingerprint density at radius 3 is 3.04 bits per heavy atom. The summed E-state index contributed by atoms with van der Waals surface area (Å²) in [5.41, 5.74) is 3.65. The lowest BCUT2D eigenvalue weighted by atomic mass is 10.1. The lowest BCUT2D eigenvalue weighted by Crippen LogP contribution is -2.39. The topological polar surface area (TPSA) is 74.2 Å². The molecule has 2 N–H and O–H groups in total. The van der Waals surface area contributed by atoms with Crippen molar-refractivity contribution < 1.29 is 14.3 Å². The molecule has 4 rings (SSSR count). The van der Waals surface area contributed by atoms with Crippen LogP contribution < -0.4 is 0 Å². The summed E-state index contributed by atoms with van der Waals surface area (Å²) < 4.78 is 15.8. The number of hydrogen-bond acceptors (Lipinski definition) is 3. The summed E-state index contributed by atoms with van der Waals surface area (Å²) in [6.45, 7) is 3.42. The van der Waals surface area contributed by atoms with Gasteiger partial charge in [0.1, 0.15) is 5.82 Å². The fourth-order valence-electron chi connectivity index (χ4n) is 3.47. The van der Waals surface area contributed by atoms with Crippen LogP contribution in [-0.2, 0) is 30.9 Å². The molecular formula is C18H19FN4O2. The molecule has 0 radical (unpaired) electrons. The Hall–Kier alpha value is -2.67. The van der Waals surface area contributed by atoms with Crippen molar-refractivity contribution in [2.75, 3.05) is 6.54 Å². The van der Waals surface area contributed by atoms with Gasteiger partial charge < -0.3 is 15.0 Å². The summed E-state index contributed by atoms with van der Waals surface area (Å²) in [7, 11) is 0. The molecule has 1 aliphatic rings. The van der Waals surface area contributed by atoms with Crippen molar-refractivity contribution in [2.45, 2.75) is 33.0 Å². The van der Waals surface area contributed by atoms with Gasteiger partial charge in [0.15, 0.2) is 0 Å². The van der Waals surface area contributed by atoms with Gasteiger partial charge in [0.25, 0.3) is 0 Å². The Morgan fingerprint density at radius 1 is 1.40 bits per heavy atom. The molecule has 2 aromatic heterocycles. The predicted molar refractivity (Wildman–Crippen MR) is 90.3 cm³/mol.